The van der Waals surface area contributed by atoms with Crippen LogP contribution in [0.25, 0.3) is 10.9 Å². The van der Waals surface area contributed by atoms with Crippen LogP contribution in [0.15, 0.2) is 18.2 Å². The number of phenolic OH excluding ortho intramolecular Hbond substituents is 1. The van der Waals surface area contributed by atoms with Crippen LogP contribution in [0.1, 0.15) is 40.3 Å². The minimum Gasteiger partial charge on any atom is -0.506 e. The number of ether oxygens (including phenoxy) is 4. The molecule has 3 aromatic rings. The standard InChI is InChI=1S/C24H23N3O8.C2H6.CH3Cl/c1-32-15-8-10-7-12(25-17(10)22(34-3)21(15)33-2)23(30)27-6-5-11-13(27)9-14(28)18-16(11)20(29)19(26-18)24(31)35-4;2*1-2/h7-9,19,25-26,28H,5-6H2,1-4H3;1-2H3;1H3. The van der Waals surface area contributed by atoms with Gasteiger partial charge in [-0.2, -0.15) is 0 Å². The third-order valence-electron chi connectivity index (χ3n) is 6.40. The van der Waals surface area contributed by atoms with E-state index >= 15 is 0 Å². The molecule has 0 fully saturated rings. The number of nitrogens with zero attached hydrogens (tertiary/aromatic N) is 1. The zero-order chi connectivity index (χ0) is 29.0. The van der Waals surface area contributed by atoms with Crippen LogP contribution in [0.2, 0.25) is 0 Å². The lowest BCUT2D eigenvalue weighted by atomic mass is 9.99. The van der Waals surface area contributed by atoms with Gasteiger partial charge in [-0.15, -0.1) is 11.6 Å². The number of methoxy groups -OCH3 is 4. The van der Waals surface area contributed by atoms with Gasteiger partial charge < -0.3 is 39.3 Å². The molecule has 0 radical (unpaired) electrons. The van der Waals surface area contributed by atoms with Gasteiger partial charge in [0.1, 0.15) is 11.4 Å². The summed E-state index contributed by atoms with van der Waals surface area (Å²) in [5.41, 5.74) is 2.22. The maximum Gasteiger partial charge on any atom is 0.336 e. The molecule has 1 unspecified atom stereocenters. The van der Waals surface area contributed by atoms with Gasteiger partial charge >= 0.3 is 5.97 Å². The second-order valence-electron chi connectivity index (χ2n) is 8.11. The number of phenols is 1. The summed E-state index contributed by atoms with van der Waals surface area (Å²) in [4.78, 5) is 43.1. The summed E-state index contributed by atoms with van der Waals surface area (Å²) < 4.78 is 21.0. The molecule has 0 saturated heterocycles. The third kappa shape index (κ3) is 4.78. The summed E-state index contributed by atoms with van der Waals surface area (Å²) in [6, 6.07) is 3.60. The van der Waals surface area contributed by atoms with Crippen molar-refractivity contribution in [2.75, 3.05) is 51.6 Å². The minimum absolute atomic E-state index is 0.174. The molecule has 2 aromatic carbocycles. The van der Waals surface area contributed by atoms with Crippen LogP contribution in [-0.4, -0.2) is 75.2 Å². The van der Waals surface area contributed by atoms with Crippen molar-refractivity contribution in [3.8, 4) is 23.0 Å². The Morgan fingerprint density at radius 2 is 1.69 bits per heavy atom. The number of hydrogen-bond acceptors (Lipinski definition) is 9. The molecule has 1 atom stereocenters. The lowest BCUT2D eigenvalue weighted by Gasteiger charge is -2.17. The van der Waals surface area contributed by atoms with Gasteiger partial charge in [0.05, 0.1) is 50.9 Å². The average molecular weight is 562 g/mol. The van der Waals surface area contributed by atoms with Gasteiger partial charge in [0.25, 0.3) is 5.91 Å². The zero-order valence-electron chi connectivity index (χ0n) is 22.9. The van der Waals surface area contributed by atoms with Crippen LogP contribution in [-0.2, 0) is 16.0 Å². The SMILES string of the molecule is CC.CCl.COC(=O)C1Nc2c(O)cc3c(c2C1=O)CCN3C(=O)c1cc2cc(OC)c(OC)c(OC)c2[nH]1. The number of fused-ring (bicyclic) bond motifs is 4. The van der Waals surface area contributed by atoms with Gasteiger partial charge in [-0.3, -0.25) is 9.59 Å². The number of benzene rings is 2. The Hall–Kier alpha value is -4.12. The Morgan fingerprint density at radius 3 is 2.28 bits per heavy atom. The van der Waals surface area contributed by atoms with Crippen molar-refractivity contribution in [1.29, 1.82) is 0 Å². The topological polar surface area (TPSA) is 139 Å². The highest BCUT2D eigenvalue weighted by Crippen LogP contribution is 2.46. The van der Waals surface area contributed by atoms with E-state index in [9.17, 15) is 19.5 Å². The van der Waals surface area contributed by atoms with E-state index in [4.69, 9.17) is 18.9 Å². The highest BCUT2D eigenvalue weighted by Gasteiger charge is 2.43. The number of H-pyrrole nitrogens is 1. The third-order valence-corrected chi connectivity index (χ3v) is 6.40. The molecule has 1 aromatic heterocycles. The molecule has 1 amide bonds. The number of aromatic hydroxyl groups is 1. The van der Waals surface area contributed by atoms with Gasteiger partial charge in [0.2, 0.25) is 5.75 Å². The second-order valence-corrected chi connectivity index (χ2v) is 8.11. The van der Waals surface area contributed by atoms with Crippen molar-refractivity contribution in [3.05, 3.63) is 35.0 Å². The van der Waals surface area contributed by atoms with Crippen LogP contribution < -0.4 is 24.4 Å². The number of nitrogens with one attached hydrogen (secondary N) is 2. The summed E-state index contributed by atoms with van der Waals surface area (Å²) in [6.45, 7) is 4.29. The van der Waals surface area contributed by atoms with Gasteiger partial charge in [0, 0.05) is 24.4 Å². The number of amides is 1. The van der Waals surface area contributed by atoms with Crippen molar-refractivity contribution in [3.63, 3.8) is 0 Å². The normalized spacial score (nSPS) is 14.7. The van der Waals surface area contributed by atoms with E-state index in [-0.39, 0.29) is 28.6 Å². The Labute approximate surface area is 230 Å². The number of anilines is 2. The average Bonchev–Trinajstić information content (AvgIpc) is 3.68. The van der Waals surface area contributed by atoms with Crippen LogP contribution in [0.3, 0.4) is 0 Å². The molecule has 5 rings (SSSR count). The van der Waals surface area contributed by atoms with Crippen LogP contribution in [0.5, 0.6) is 23.0 Å². The van der Waals surface area contributed by atoms with E-state index < -0.39 is 17.8 Å². The summed E-state index contributed by atoms with van der Waals surface area (Å²) in [5, 5.41) is 14.0. The number of hydrogen-bond donors (Lipinski definition) is 3. The van der Waals surface area contributed by atoms with Crippen molar-refractivity contribution < 1.29 is 38.4 Å². The first-order valence-corrected chi connectivity index (χ1v) is 12.9. The van der Waals surface area contributed by atoms with Gasteiger partial charge in [-0.05, 0) is 24.1 Å². The first-order chi connectivity index (χ1) is 18.8. The smallest absolute Gasteiger partial charge is 0.336 e. The van der Waals surface area contributed by atoms with Gasteiger partial charge in [0.15, 0.2) is 23.3 Å². The largest absolute Gasteiger partial charge is 0.506 e. The highest BCUT2D eigenvalue weighted by molar-refractivity contribution is 6.23. The lowest BCUT2D eigenvalue weighted by Crippen LogP contribution is -2.33. The van der Waals surface area contributed by atoms with Crippen molar-refractivity contribution in [1.82, 2.24) is 4.98 Å². The van der Waals surface area contributed by atoms with Gasteiger partial charge in [-0.25, -0.2) is 4.79 Å². The molecule has 0 spiro atoms. The first-order valence-electron chi connectivity index (χ1n) is 12.1. The molecule has 11 nitrogen and oxygen atoms in total. The Morgan fingerprint density at radius 1 is 1.03 bits per heavy atom. The van der Waals surface area contributed by atoms with E-state index in [1.807, 2.05) is 13.8 Å². The van der Waals surface area contributed by atoms with E-state index in [0.717, 1.165) is 0 Å². The number of esters is 1. The number of aromatic amines is 1. The monoisotopic (exact) mass is 561 g/mol. The van der Waals surface area contributed by atoms with E-state index in [1.165, 1.54) is 45.8 Å². The van der Waals surface area contributed by atoms with E-state index in [1.54, 1.807) is 12.1 Å². The molecule has 39 heavy (non-hydrogen) atoms. The Balaban J connectivity index is 0.00000100. The predicted octanol–water partition coefficient (Wildman–Crippen LogP) is 4.13. The molecule has 0 bridgehead atoms. The van der Waals surface area contributed by atoms with Crippen molar-refractivity contribution >= 4 is 51.5 Å². The minimum atomic E-state index is -1.23. The van der Waals surface area contributed by atoms with Crippen LogP contribution >= 0.6 is 11.6 Å². The number of aromatic nitrogens is 1. The fourth-order valence-electron chi connectivity index (χ4n) is 4.81. The fourth-order valence-corrected chi connectivity index (χ4v) is 4.81. The molecule has 2 aliphatic heterocycles. The molecule has 2 aliphatic rings. The Kier molecular flexibility index (Phi) is 9.18. The molecule has 0 saturated carbocycles. The first kappa shape index (κ1) is 29.4. The number of ketones is 1. The number of halogens is 1. The number of alkyl halides is 1. The molecule has 210 valence electrons. The predicted molar refractivity (Wildman–Crippen MR) is 148 cm³/mol. The number of Topliss-reactive ketones (excluding diaryl/α,β-unsaturated/α-hetero) is 1. The van der Waals surface area contributed by atoms with Crippen molar-refractivity contribution in [2.45, 2.75) is 26.3 Å². The fraction of sp³-hybridized carbons (Fsp3) is 0.370. The molecule has 0 aliphatic carbocycles. The zero-order valence-corrected chi connectivity index (χ0v) is 23.6. The number of carbonyl (C=O) groups is 3. The number of rotatable bonds is 5. The lowest BCUT2D eigenvalue weighted by molar-refractivity contribution is -0.140. The van der Waals surface area contributed by atoms with Crippen LogP contribution in [0, 0.1) is 0 Å². The highest BCUT2D eigenvalue weighted by atomic mass is 35.5. The molecular weight excluding hydrogens is 530 g/mol. The second kappa shape index (κ2) is 12.2. The Bertz CT molecular complexity index is 1420. The quantitative estimate of drug-likeness (QED) is 0.181. The van der Waals surface area contributed by atoms with Crippen LogP contribution in [0.4, 0.5) is 11.4 Å². The summed E-state index contributed by atoms with van der Waals surface area (Å²) in [6.07, 6.45) is 1.86. The van der Waals surface area contributed by atoms with Crippen molar-refractivity contribution in [2.24, 2.45) is 0 Å². The van der Waals surface area contributed by atoms with E-state index in [0.29, 0.717) is 52.4 Å². The summed E-state index contributed by atoms with van der Waals surface area (Å²) in [5.74, 6) is -0.600. The van der Waals surface area contributed by atoms with E-state index in [2.05, 4.69) is 21.9 Å². The molecule has 3 N–H and O–H groups in total. The summed E-state index contributed by atoms with van der Waals surface area (Å²) in [7, 11) is 5.68. The molecule has 12 heteroatoms. The van der Waals surface area contributed by atoms with Gasteiger partial charge in [-0.1, -0.05) is 13.8 Å². The molecule has 3 heterocycles. The maximum absolute atomic E-state index is 13.5. The molecular formula is C27H32ClN3O8. The number of carbonyl (C=O) groups excluding carboxylic acids is 3. The summed E-state index contributed by atoms with van der Waals surface area (Å²) >= 11 is 4.64. The maximum atomic E-state index is 13.5.